The monoisotopic (exact) mass is 462 g/mol. The summed E-state index contributed by atoms with van der Waals surface area (Å²) in [7, 11) is 0. The smallest absolute Gasteiger partial charge is 0.275 e. The second-order valence-corrected chi connectivity index (χ2v) is 10.6. The number of halogens is 2. The fourth-order valence-corrected chi connectivity index (χ4v) is 5.95. The van der Waals surface area contributed by atoms with Gasteiger partial charge in [0.15, 0.2) is 5.84 Å². The molecule has 2 unspecified atom stereocenters. The lowest BCUT2D eigenvalue weighted by molar-refractivity contribution is -0.166. The van der Waals surface area contributed by atoms with E-state index in [-0.39, 0.29) is 11.8 Å². The molecule has 0 spiro atoms. The maximum Gasteiger partial charge on any atom is 0.275 e. The molecule has 2 aliphatic rings. The minimum atomic E-state index is -3.06. The summed E-state index contributed by atoms with van der Waals surface area (Å²) in [5.74, 6) is 10.3. The topological polar surface area (TPSA) is 87.9 Å². The van der Waals surface area contributed by atoms with Crippen molar-refractivity contribution in [2.24, 2.45) is 34.0 Å². The van der Waals surface area contributed by atoms with Gasteiger partial charge in [-0.3, -0.25) is 5.01 Å². The van der Waals surface area contributed by atoms with E-state index < -0.39 is 11.5 Å². The van der Waals surface area contributed by atoms with Crippen LogP contribution in [0.2, 0.25) is 0 Å². The highest BCUT2D eigenvalue weighted by Crippen LogP contribution is 2.58. The van der Waals surface area contributed by atoms with Gasteiger partial charge in [-0.15, -0.1) is 0 Å². The zero-order chi connectivity index (χ0) is 24.3. The van der Waals surface area contributed by atoms with Crippen molar-refractivity contribution in [3.63, 3.8) is 0 Å². The van der Waals surface area contributed by atoms with E-state index in [1.54, 1.807) is 5.01 Å². The number of benzene rings is 1. The molecule has 1 aromatic carbocycles. The van der Waals surface area contributed by atoms with Crippen LogP contribution in [0, 0.1) is 17.3 Å². The van der Waals surface area contributed by atoms with Crippen LogP contribution in [-0.2, 0) is 0 Å². The summed E-state index contributed by atoms with van der Waals surface area (Å²) in [6, 6.07) is 9.65. The summed E-state index contributed by atoms with van der Waals surface area (Å²) < 4.78 is 28.4. The largest absolute Gasteiger partial charge is 0.384 e. The van der Waals surface area contributed by atoms with E-state index in [1.165, 1.54) is 19.4 Å². The van der Waals surface area contributed by atoms with Crippen LogP contribution in [0.3, 0.4) is 0 Å². The Hall–Kier alpha value is -1.99. The molecule has 33 heavy (non-hydrogen) atoms. The van der Waals surface area contributed by atoms with E-state index in [4.69, 9.17) is 11.7 Å². The van der Waals surface area contributed by atoms with Crippen molar-refractivity contribution < 1.29 is 13.9 Å². The summed E-state index contributed by atoms with van der Waals surface area (Å²) in [5.41, 5.74) is 0.457. The molecule has 0 amide bonds. The van der Waals surface area contributed by atoms with Gasteiger partial charge in [0.1, 0.15) is 5.60 Å². The van der Waals surface area contributed by atoms with Gasteiger partial charge in [0, 0.05) is 12.0 Å². The first-order valence-corrected chi connectivity index (χ1v) is 12.1. The normalized spacial score (nSPS) is 27.6. The van der Waals surface area contributed by atoms with Crippen LogP contribution in [0.25, 0.3) is 0 Å². The van der Waals surface area contributed by atoms with E-state index in [9.17, 15) is 13.9 Å². The molecule has 3 atom stereocenters. The first-order valence-electron chi connectivity index (χ1n) is 12.1. The Balaban J connectivity index is 1.63. The number of rotatable bonds is 8. The summed E-state index contributed by atoms with van der Waals surface area (Å²) in [6.45, 7) is 5.25. The van der Waals surface area contributed by atoms with E-state index in [0.717, 1.165) is 44.1 Å². The highest BCUT2D eigenvalue weighted by Gasteiger charge is 2.49. The van der Waals surface area contributed by atoms with E-state index in [1.807, 2.05) is 30.3 Å². The Morgan fingerprint density at radius 2 is 1.97 bits per heavy atom. The van der Waals surface area contributed by atoms with Crippen molar-refractivity contribution in [3.8, 4) is 0 Å². The van der Waals surface area contributed by atoms with Gasteiger partial charge in [-0.1, -0.05) is 48.9 Å². The number of hydrazone groups is 1. The minimum Gasteiger partial charge on any atom is -0.384 e. The summed E-state index contributed by atoms with van der Waals surface area (Å²) in [5, 5.41) is 15.2. The Labute approximate surface area is 196 Å². The van der Waals surface area contributed by atoms with E-state index >= 15 is 0 Å². The number of hydrogen-bond acceptors (Lipinski definition) is 4. The maximum absolute atomic E-state index is 14.2. The molecule has 7 heteroatoms. The molecule has 1 aromatic rings. The number of amidine groups is 1. The molecule has 3 rings (SSSR count). The van der Waals surface area contributed by atoms with E-state index in [0.29, 0.717) is 30.6 Å². The van der Waals surface area contributed by atoms with Crippen molar-refractivity contribution in [3.05, 3.63) is 47.5 Å². The number of nitrogens with two attached hydrogens (primary N) is 2. The third kappa shape index (κ3) is 5.57. The van der Waals surface area contributed by atoms with Crippen LogP contribution in [0.1, 0.15) is 77.7 Å². The lowest BCUT2D eigenvalue weighted by Gasteiger charge is -2.43. The van der Waals surface area contributed by atoms with Crippen molar-refractivity contribution >= 4 is 5.84 Å². The Bertz CT molecular complexity index is 850. The molecule has 5 N–H and O–H groups in total. The zero-order valence-corrected chi connectivity index (χ0v) is 20.2. The SMILES string of the molecule is CC(C)(O)C(F)(F)CCCC1CCC2/C(=C/CN(N)/C(=N\N)c3ccccc3)CCC[C@]12C. The lowest BCUT2D eigenvalue weighted by Crippen LogP contribution is -2.42. The first-order chi connectivity index (χ1) is 15.5. The molecule has 0 bridgehead atoms. The van der Waals surface area contributed by atoms with Gasteiger partial charge in [0.25, 0.3) is 5.92 Å². The van der Waals surface area contributed by atoms with Gasteiger partial charge in [-0.2, -0.15) is 5.10 Å². The number of allylic oxidation sites excluding steroid dienone is 1. The standard InChI is InChI=1S/C26H40F2N4O/c1-24(2,33)26(27,28)17-8-12-21-13-14-22-19(11-7-16-25(21,22)3)15-18-32(30)23(31-29)20-9-5-4-6-10-20/h4-6,9-10,15,21-22,33H,7-8,11-14,16-18,29-30H2,1-3H3/b19-15+,31-23-/t21?,22?,25-/m1/s1. The third-order valence-electron chi connectivity index (χ3n) is 8.08. The summed E-state index contributed by atoms with van der Waals surface area (Å²) in [4.78, 5) is 0. The van der Waals surface area contributed by atoms with Gasteiger partial charge in [0.2, 0.25) is 0 Å². The van der Waals surface area contributed by atoms with Crippen LogP contribution in [0.5, 0.6) is 0 Å². The molecule has 0 aromatic heterocycles. The Morgan fingerprint density at radius 3 is 2.61 bits per heavy atom. The zero-order valence-electron chi connectivity index (χ0n) is 20.2. The first kappa shape index (κ1) is 25.6. The predicted octanol–water partition coefficient (Wildman–Crippen LogP) is 5.20. The summed E-state index contributed by atoms with van der Waals surface area (Å²) >= 11 is 0. The average Bonchev–Trinajstić information content (AvgIpc) is 3.09. The quantitative estimate of drug-likeness (QED) is 0.163. The average molecular weight is 463 g/mol. The number of hydrazine groups is 1. The van der Waals surface area contributed by atoms with Crippen LogP contribution in [0.4, 0.5) is 8.78 Å². The Kier molecular flexibility index (Phi) is 7.84. The molecule has 0 heterocycles. The van der Waals surface area contributed by atoms with Crippen LogP contribution in [-0.4, -0.2) is 34.0 Å². The second kappa shape index (κ2) is 10.1. The molecule has 2 fully saturated rings. The molecular weight excluding hydrogens is 422 g/mol. The molecule has 5 nitrogen and oxygen atoms in total. The highest BCUT2D eigenvalue weighted by molar-refractivity contribution is 5.98. The molecule has 2 aliphatic carbocycles. The van der Waals surface area contributed by atoms with Gasteiger partial charge < -0.3 is 10.9 Å². The molecule has 0 saturated heterocycles. The lowest BCUT2D eigenvalue weighted by atomic mass is 9.62. The fraction of sp³-hybridized carbons (Fsp3) is 0.654. The van der Waals surface area contributed by atoms with Crippen molar-refractivity contribution in [2.75, 3.05) is 6.54 Å². The predicted molar refractivity (Wildman–Crippen MR) is 129 cm³/mol. The minimum absolute atomic E-state index is 0.137. The second-order valence-electron chi connectivity index (χ2n) is 10.6. The Morgan fingerprint density at radius 1 is 1.27 bits per heavy atom. The van der Waals surface area contributed by atoms with Crippen molar-refractivity contribution in [1.29, 1.82) is 0 Å². The highest BCUT2D eigenvalue weighted by atomic mass is 19.3. The third-order valence-corrected chi connectivity index (χ3v) is 8.08. The van der Waals surface area contributed by atoms with Crippen molar-refractivity contribution in [2.45, 2.75) is 83.7 Å². The molecule has 0 aliphatic heterocycles. The van der Waals surface area contributed by atoms with Crippen LogP contribution < -0.4 is 11.7 Å². The molecule has 0 radical (unpaired) electrons. The molecular formula is C26H40F2N4O. The van der Waals surface area contributed by atoms with Gasteiger partial charge >= 0.3 is 0 Å². The summed E-state index contributed by atoms with van der Waals surface area (Å²) in [6.07, 6.45) is 8.64. The van der Waals surface area contributed by atoms with Gasteiger partial charge in [-0.05, 0) is 76.0 Å². The fourth-order valence-electron chi connectivity index (χ4n) is 5.95. The van der Waals surface area contributed by atoms with E-state index in [2.05, 4.69) is 18.1 Å². The maximum atomic E-state index is 14.2. The van der Waals surface area contributed by atoms with Gasteiger partial charge in [-0.25, -0.2) is 14.6 Å². The number of aliphatic hydroxyl groups is 1. The van der Waals surface area contributed by atoms with Crippen LogP contribution in [0.15, 0.2) is 47.1 Å². The number of fused-ring (bicyclic) bond motifs is 1. The van der Waals surface area contributed by atoms with Crippen LogP contribution >= 0.6 is 0 Å². The number of hydrogen-bond donors (Lipinski definition) is 3. The van der Waals surface area contributed by atoms with Gasteiger partial charge in [0.05, 0.1) is 6.54 Å². The number of alkyl halides is 2. The molecule has 184 valence electrons. The molecule has 2 saturated carbocycles. The number of nitrogens with zero attached hydrogens (tertiary/aromatic N) is 2. The van der Waals surface area contributed by atoms with Crippen molar-refractivity contribution in [1.82, 2.24) is 5.01 Å².